The number of likely N-dealkylation sites (tertiary alicyclic amines) is 1. The molecule has 8 atom stereocenters. The van der Waals surface area contributed by atoms with E-state index < -0.39 is 194 Å². The third-order valence-electron chi connectivity index (χ3n) is 18.1. The summed E-state index contributed by atoms with van der Waals surface area (Å²) < 4.78 is 82.6. The van der Waals surface area contributed by atoms with Gasteiger partial charge in [0.15, 0.2) is 6.04 Å². The van der Waals surface area contributed by atoms with Gasteiger partial charge in [-0.2, -0.15) is 13.2 Å². The lowest BCUT2D eigenvalue weighted by Crippen LogP contribution is -2.63. The predicted octanol–water partition coefficient (Wildman–Crippen LogP) is 4.80. The van der Waals surface area contributed by atoms with Crippen molar-refractivity contribution in [1.29, 1.82) is 0 Å². The second kappa shape index (κ2) is 38.0. The molecule has 556 valence electrons. The number of hydrogen-bond donors (Lipinski definition) is 3. The second-order valence-corrected chi connectivity index (χ2v) is 28.1. The summed E-state index contributed by atoms with van der Waals surface area (Å²) in [5.74, 6) is -8.09. The van der Waals surface area contributed by atoms with E-state index in [1.165, 1.54) is 61.0 Å². The van der Waals surface area contributed by atoms with Crippen molar-refractivity contribution in [3.05, 3.63) is 35.1 Å². The van der Waals surface area contributed by atoms with E-state index in [-0.39, 0.29) is 49.0 Å². The smallest absolute Gasteiger partial charge is 0.343 e. The van der Waals surface area contributed by atoms with Crippen molar-refractivity contribution in [3.8, 4) is 11.8 Å². The van der Waals surface area contributed by atoms with Crippen LogP contribution in [0.3, 0.4) is 0 Å². The van der Waals surface area contributed by atoms with Crippen LogP contribution in [0.15, 0.2) is 18.2 Å². The number of halogens is 6. The van der Waals surface area contributed by atoms with Gasteiger partial charge in [-0.05, 0) is 107 Å². The Hall–Kier alpha value is -8.00. The first-order valence-corrected chi connectivity index (χ1v) is 33.8. The number of likely N-dealkylation sites (N-methyl/N-ethyl adjacent to an activating group) is 8. The van der Waals surface area contributed by atoms with Gasteiger partial charge in [0, 0.05) is 82.3 Å². The van der Waals surface area contributed by atoms with E-state index in [9.17, 15) is 74.3 Å². The average Bonchev–Trinajstić information content (AvgIpc) is 0.873. The molecule has 2 heterocycles. The minimum absolute atomic E-state index is 0.0129. The zero-order chi connectivity index (χ0) is 75.5. The lowest BCUT2D eigenvalue weighted by atomic mass is 9.95. The summed E-state index contributed by atoms with van der Waals surface area (Å²) in [5.41, 5.74) is -3.49. The first-order chi connectivity index (χ1) is 45.9. The highest BCUT2D eigenvalue weighted by Crippen LogP contribution is 2.32. The van der Waals surface area contributed by atoms with Crippen LogP contribution < -0.4 is 16.0 Å². The van der Waals surface area contributed by atoms with Crippen LogP contribution >= 0.6 is 0 Å². The van der Waals surface area contributed by atoms with Gasteiger partial charge in [-0.1, -0.05) is 73.8 Å². The topological polar surface area (TPSA) is 270 Å². The molecular weight excluding hydrogens is 1300 g/mol. The standard InChI is InChI=1S/C69H106F6N12O12/c1-19-44(8)59-66(98)81(13)39-57(90)79(11)40-58(91)82(14)49(25-21-22-26-54(71)72)63(95)80(12)38-55(88)76-48(30-28-45-27-29-46(47(70)36-45)69(73,74)75)62(94)84(16)51(34-42(4)5)61(93)78-68(9,10)67(99)86(18)52(35-43(6)7)64(96)85(17)53(65(97)87-31-23-20-24-32-87)37-56(89)83(15)50(33-41(2)3)60(92)77-59/h27,29,36,41-44,48-54,59H,19-20,22-24,26,28,30-35,37-40H2,1-18H3,(H,76,88)(H,77,92)(H,78,93)/t44-,48-,49-,50-,51-,52-,53-,59-/m0/s1. The van der Waals surface area contributed by atoms with E-state index in [1.54, 1.807) is 46.4 Å². The van der Waals surface area contributed by atoms with E-state index in [0.29, 0.717) is 44.5 Å². The number of benzene rings is 1. The monoisotopic (exact) mass is 1410 g/mol. The van der Waals surface area contributed by atoms with Gasteiger partial charge in [0.25, 0.3) is 5.91 Å². The number of aryl methyl sites for hydroxylation is 1. The van der Waals surface area contributed by atoms with Crippen LogP contribution in [0.25, 0.3) is 0 Å². The molecule has 0 unspecified atom stereocenters. The lowest BCUT2D eigenvalue weighted by Gasteiger charge is -2.40. The van der Waals surface area contributed by atoms with Crippen LogP contribution in [0.1, 0.15) is 151 Å². The predicted molar refractivity (Wildman–Crippen MR) is 357 cm³/mol. The number of piperidine rings is 1. The first kappa shape index (κ1) is 85.2. The minimum Gasteiger partial charge on any atom is -0.343 e. The Morgan fingerprint density at radius 1 is 0.626 bits per heavy atom. The Labute approximate surface area is 579 Å². The molecule has 1 aromatic rings. The first-order valence-electron chi connectivity index (χ1n) is 33.8. The Morgan fingerprint density at radius 3 is 1.71 bits per heavy atom. The van der Waals surface area contributed by atoms with E-state index in [2.05, 4.69) is 27.8 Å². The third-order valence-corrected chi connectivity index (χ3v) is 18.1. The minimum atomic E-state index is -5.06. The summed E-state index contributed by atoms with van der Waals surface area (Å²) in [7, 11) is 10.1. The number of rotatable bonds is 14. The molecule has 0 bridgehead atoms. The number of amides is 12. The Kier molecular flexibility index (Phi) is 32.7. The molecule has 2 fully saturated rings. The second-order valence-electron chi connectivity index (χ2n) is 28.1. The molecular formula is C69H106F6N12O12. The fourth-order valence-corrected chi connectivity index (χ4v) is 11.7. The molecule has 1 aromatic carbocycles. The van der Waals surface area contributed by atoms with Crippen LogP contribution in [0.5, 0.6) is 0 Å². The molecule has 3 N–H and O–H groups in total. The van der Waals surface area contributed by atoms with Gasteiger partial charge in [0.1, 0.15) is 47.6 Å². The normalized spacial score (nSPS) is 23.7. The summed E-state index contributed by atoms with van der Waals surface area (Å²) in [6, 6.07) is -8.17. The molecule has 24 nitrogen and oxygen atoms in total. The highest BCUT2D eigenvalue weighted by atomic mass is 19.4. The van der Waals surface area contributed by atoms with Crippen LogP contribution in [0.4, 0.5) is 26.3 Å². The zero-order valence-electron chi connectivity index (χ0n) is 60.9. The van der Waals surface area contributed by atoms with Crippen LogP contribution in [0.2, 0.25) is 0 Å². The molecule has 0 saturated carbocycles. The van der Waals surface area contributed by atoms with Crippen molar-refractivity contribution in [2.24, 2.45) is 23.7 Å². The maximum absolute atomic E-state index is 15.3. The lowest BCUT2D eigenvalue weighted by molar-refractivity contribution is -0.155. The third kappa shape index (κ3) is 24.7. The summed E-state index contributed by atoms with van der Waals surface area (Å²) >= 11 is 0. The quantitative estimate of drug-likeness (QED) is 0.168. The number of nitrogens with zero attached hydrogens (tertiary/aromatic N) is 9. The summed E-state index contributed by atoms with van der Waals surface area (Å²) in [6.07, 6.45) is -8.00. The molecule has 2 aliphatic heterocycles. The molecule has 0 radical (unpaired) electrons. The van der Waals surface area contributed by atoms with Gasteiger partial charge in [0.05, 0.1) is 31.6 Å². The number of hydrogen-bond acceptors (Lipinski definition) is 12. The average molecular weight is 1410 g/mol. The molecule has 3 rings (SSSR count). The molecule has 0 aromatic heterocycles. The highest BCUT2D eigenvalue weighted by Gasteiger charge is 2.45. The van der Waals surface area contributed by atoms with Crippen molar-refractivity contribution in [2.75, 3.05) is 89.1 Å². The van der Waals surface area contributed by atoms with Gasteiger partial charge in [-0.15, -0.1) is 5.92 Å². The van der Waals surface area contributed by atoms with Crippen molar-refractivity contribution in [1.82, 2.24) is 60.0 Å². The van der Waals surface area contributed by atoms with Crippen LogP contribution in [0, 0.1) is 41.3 Å². The zero-order valence-corrected chi connectivity index (χ0v) is 60.9. The van der Waals surface area contributed by atoms with E-state index in [4.69, 9.17) is 0 Å². The van der Waals surface area contributed by atoms with Crippen molar-refractivity contribution < 1.29 is 83.9 Å². The van der Waals surface area contributed by atoms with Gasteiger partial charge in [0.2, 0.25) is 71.4 Å². The maximum atomic E-state index is 15.3. The van der Waals surface area contributed by atoms with Gasteiger partial charge < -0.3 is 60.0 Å². The number of carbonyl (C=O) groups is 12. The molecule has 0 spiro atoms. The van der Waals surface area contributed by atoms with E-state index in [0.717, 1.165) is 60.9 Å². The van der Waals surface area contributed by atoms with Crippen molar-refractivity contribution >= 4 is 70.9 Å². The van der Waals surface area contributed by atoms with Crippen LogP contribution in [-0.2, 0) is 70.1 Å². The fourth-order valence-electron chi connectivity index (χ4n) is 11.7. The molecule has 2 aliphatic rings. The fraction of sp³-hybridized carbons (Fsp3) is 0.710. The molecule has 99 heavy (non-hydrogen) atoms. The largest absolute Gasteiger partial charge is 0.419 e. The number of alkyl halides is 5. The summed E-state index contributed by atoms with van der Waals surface area (Å²) in [6.45, 7) is 15.2. The molecule has 2 saturated heterocycles. The number of nitrogens with one attached hydrogen (secondary N) is 3. The van der Waals surface area contributed by atoms with Crippen LogP contribution in [-0.4, -0.2) is 258 Å². The Bertz CT molecular complexity index is 3100. The molecule has 12 amide bonds. The van der Waals surface area contributed by atoms with Crippen molar-refractivity contribution in [3.63, 3.8) is 0 Å². The Balaban J connectivity index is 2.35. The summed E-state index contributed by atoms with van der Waals surface area (Å²) in [4.78, 5) is 185. The van der Waals surface area contributed by atoms with Gasteiger partial charge in [-0.3, -0.25) is 57.5 Å². The molecule has 0 aliphatic carbocycles. The Morgan fingerprint density at radius 2 is 1.17 bits per heavy atom. The SMILES string of the molecule is CC[C@H](C)[C@@H]1NC(=O)[C@H](CC(C)C)N(C)C(=O)C[C@@H](C(=O)N2CCCCC2)N(C)C(=O)[C@H](CC(C)C)N(C)C(=O)C(C)(C)NC(=O)[C@H](CC(C)C)N(C)C(=O)[C@H](CCc2ccc(C(F)(F)F)c(F)c2)NC(=O)CN(C)C(=O)[C@H](C#CCCC(F)F)N(C)C(=O)CN(C)C(=O)CN(C)C1=O. The van der Waals surface area contributed by atoms with Gasteiger partial charge >= 0.3 is 6.18 Å². The van der Waals surface area contributed by atoms with E-state index >= 15 is 9.59 Å². The highest BCUT2D eigenvalue weighted by molar-refractivity contribution is 6.00. The van der Waals surface area contributed by atoms with E-state index in [1.807, 2.05) is 13.8 Å². The van der Waals surface area contributed by atoms with Crippen molar-refractivity contribution in [2.45, 2.75) is 207 Å². The number of carbonyl (C=O) groups excluding carboxylic acids is 12. The van der Waals surface area contributed by atoms with Gasteiger partial charge in [-0.25, -0.2) is 13.2 Å². The molecule has 30 heteroatoms. The maximum Gasteiger partial charge on any atom is 0.419 e. The summed E-state index contributed by atoms with van der Waals surface area (Å²) in [5, 5.41) is 8.07.